The van der Waals surface area contributed by atoms with E-state index in [1.165, 1.54) is 0 Å². The number of carbonyl (C=O) groups is 2. The lowest BCUT2D eigenvalue weighted by atomic mass is 10.1. The predicted octanol–water partition coefficient (Wildman–Crippen LogP) is 3.37. The molecule has 162 valence electrons. The van der Waals surface area contributed by atoms with E-state index in [2.05, 4.69) is 0 Å². The number of carbonyl (C=O) groups excluding carboxylic acids is 2. The molecule has 2 heterocycles. The number of benzene rings is 2. The molecular weight excluding hydrogens is 396 g/mol. The first-order valence-electron chi connectivity index (χ1n) is 10.4. The Morgan fingerprint density at radius 2 is 1.68 bits per heavy atom. The first-order valence-corrected chi connectivity index (χ1v) is 10.4. The van der Waals surface area contributed by atoms with Crippen molar-refractivity contribution in [2.75, 3.05) is 40.4 Å². The number of para-hydroxylation sites is 1. The van der Waals surface area contributed by atoms with Crippen molar-refractivity contribution in [2.45, 2.75) is 12.8 Å². The van der Waals surface area contributed by atoms with Crippen molar-refractivity contribution in [3.8, 4) is 11.5 Å². The monoisotopic (exact) mass is 422 g/mol. The maximum absolute atomic E-state index is 12.8. The van der Waals surface area contributed by atoms with Crippen molar-refractivity contribution in [3.05, 3.63) is 59.9 Å². The number of aryl methyl sites for hydroxylation is 1. The molecule has 7 heteroatoms. The summed E-state index contributed by atoms with van der Waals surface area (Å²) in [5.41, 5.74) is 1.64. The van der Waals surface area contributed by atoms with Gasteiger partial charge in [0, 0.05) is 38.0 Å². The molecule has 1 aliphatic heterocycles. The van der Waals surface area contributed by atoms with E-state index in [1.54, 1.807) is 25.2 Å². The summed E-state index contributed by atoms with van der Waals surface area (Å²) >= 11 is 0. The molecule has 2 aromatic carbocycles. The van der Waals surface area contributed by atoms with Gasteiger partial charge < -0.3 is 23.7 Å². The van der Waals surface area contributed by atoms with Gasteiger partial charge in [-0.1, -0.05) is 18.2 Å². The highest BCUT2D eigenvalue weighted by atomic mass is 16.5. The van der Waals surface area contributed by atoms with E-state index in [1.807, 2.05) is 47.4 Å². The van der Waals surface area contributed by atoms with E-state index < -0.39 is 0 Å². The second-order valence-electron chi connectivity index (χ2n) is 7.50. The van der Waals surface area contributed by atoms with Crippen molar-refractivity contribution in [1.29, 1.82) is 0 Å². The minimum Gasteiger partial charge on any atom is -0.497 e. The number of methoxy groups -OCH3 is 2. The third kappa shape index (κ3) is 4.50. The molecule has 0 spiro atoms. The molecule has 1 fully saturated rings. The van der Waals surface area contributed by atoms with Gasteiger partial charge in [-0.05, 0) is 42.3 Å². The first kappa shape index (κ1) is 20.8. The zero-order chi connectivity index (χ0) is 21.8. The zero-order valence-corrected chi connectivity index (χ0v) is 17.8. The lowest BCUT2D eigenvalue weighted by Crippen LogP contribution is -2.50. The normalized spacial score (nSPS) is 14.0. The molecule has 4 rings (SSSR count). The minimum atomic E-state index is -0.135. The van der Waals surface area contributed by atoms with Crippen LogP contribution in [0.1, 0.15) is 22.5 Å². The number of piperazine rings is 1. The second-order valence-corrected chi connectivity index (χ2v) is 7.50. The standard InChI is InChI=1S/C24H26N2O5/c1-29-19-8-9-20(30-2)18(15-19)7-10-23(27)25-11-13-26(14-12-25)24(28)22-16-17-5-3-4-6-21(17)31-22/h3-6,8-9,15-16H,7,10-14H2,1-2H3. The highest BCUT2D eigenvalue weighted by Crippen LogP contribution is 2.25. The molecule has 1 aromatic heterocycles. The molecule has 31 heavy (non-hydrogen) atoms. The molecule has 3 aromatic rings. The van der Waals surface area contributed by atoms with Crippen LogP contribution in [0.2, 0.25) is 0 Å². The van der Waals surface area contributed by atoms with Crippen molar-refractivity contribution in [3.63, 3.8) is 0 Å². The molecule has 0 atom stereocenters. The summed E-state index contributed by atoms with van der Waals surface area (Å²) in [5.74, 6) is 1.76. The lowest BCUT2D eigenvalue weighted by Gasteiger charge is -2.34. The van der Waals surface area contributed by atoms with E-state index in [9.17, 15) is 9.59 Å². The topological polar surface area (TPSA) is 72.2 Å². The van der Waals surface area contributed by atoms with Gasteiger partial charge in [0.25, 0.3) is 5.91 Å². The summed E-state index contributed by atoms with van der Waals surface area (Å²) in [4.78, 5) is 29.1. The fourth-order valence-electron chi connectivity index (χ4n) is 3.88. The van der Waals surface area contributed by atoms with Gasteiger partial charge in [0.2, 0.25) is 5.91 Å². The van der Waals surface area contributed by atoms with Crippen molar-refractivity contribution < 1.29 is 23.5 Å². The van der Waals surface area contributed by atoms with Gasteiger partial charge >= 0.3 is 0 Å². The molecule has 0 aliphatic carbocycles. The fourth-order valence-corrected chi connectivity index (χ4v) is 3.88. The highest BCUT2D eigenvalue weighted by molar-refractivity contribution is 5.96. The molecule has 0 saturated carbocycles. The number of amides is 2. The summed E-state index contributed by atoms with van der Waals surface area (Å²) in [6.07, 6.45) is 0.943. The maximum Gasteiger partial charge on any atom is 0.289 e. The third-order valence-electron chi connectivity index (χ3n) is 5.65. The van der Waals surface area contributed by atoms with E-state index in [-0.39, 0.29) is 11.8 Å². The second kappa shape index (κ2) is 9.12. The van der Waals surface area contributed by atoms with Crippen LogP contribution in [0.3, 0.4) is 0 Å². The van der Waals surface area contributed by atoms with Crippen molar-refractivity contribution in [1.82, 2.24) is 9.80 Å². The third-order valence-corrected chi connectivity index (χ3v) is 5.65. The number of nitrogens with zero attached hydrogens (tertiary/aromatic N) is 2. The van der Waals surface area contributed by atoms with E-state index in [0.717, 1.165) is 22.4 Å². The van der Waals surface area contributed by atoms with Crippen LogP contribution >= 0.6 is 0 Å². The quantitative estimate of drug-likeness (QED) is 0.609. The van der Waals surface area contributed by atoms with E-state index in [4.69, 9.17) is 13.9 Å². The van der Waals surface area contributed by atoms with Crippen LogP contribution in [0.15, 0.2) is 52.9 Å². The van der Waals surface area contributed by atoms with Gasteiger partial charge in [-0.3, -0.25) is 9.59 Å². The number of hydrogen-bond donors (Lipinski definition) is 0. The molecule has 1 saturated heterocycles. The Bertz CT molecular complexity index is 1050. The molecule has 0 bridgehead atoms. The van der Waals surface area contributed by atoms with Gasteiger partial charge in [-0.25, -0.2) is 0 Å². The van der Waals surface area contributed by atoms with Crippen molar-refractivity contribution >= 4 is 22.8 Å². The molecule has 1 aliphatic rings. The first-order chi connectivity index (χ1) is 15.1. The Morgan fingerprint density at radius 1 is 0.935 bits per heavy atom. The van der Waals surface area contributed by atoms with Crippen LogP contribution < -0.4 is 9.47 Å². The Labute approximate surface area is 181 Å². The van der Waals surface area contributed by atoms with Gasteiger partial charge in [-0.2, -0.15) is 0 Å². The summed E-state index contributed by atoms with van der Waals surface area (Å²) in [6.45, 7) is 2.01. The fraction of sp³-hybridized carbons (Fsp3) is 0.333. The Balaban J connectivity index is 1.32. The van der Waals surface area contributed by atoms with Crippen molar-refractivity contribution in [2.24, 2.45) is 0 Å². The van der Waals surface area contributed by atoms with E-state index >= 15 is 0 Å². The van der Waals surface area contributed by atoms with Crippen LogP contribution in [0.5, 0.6) is 11.5 Å². The van der Waals surface area contributed by atoms with Crippen LogP contribution in [-0.2, 0) is 11.2 Å². The number of fused-ring (bicyclic) bond motifs is 1. The number of ether oxygens (including phenoxy) is 2. The number of rotatable bonds is 6. The Morgan fingerprint density at radius 3 is 2.39 bits per heavy atom. The molecule has 2 amide bonds. The molecule has 0 N–H and O–H groups in total. The SMILES string of the molecule is COc1ccc(OC)c(CCC(=O)N2CCN(C(=O)c3cc4ccccc4o3)CC2)c1. The average Bonchev–Trinajstić information content (AvgIpc) is 3.26. The predicted molar refractivity (Wildman–Crippen MR) is 117 cm³/mol. The zero-order valence-electron chi connectivity index (χ0n) is 17.8. The van der Waals surface area contributed by atoms with Crippen LogP contribution in [-0.4, -0.2) is 62.0 Å². The Hall–Kier alpha value is -3.48. The lowest BCUT2D eigenvalue weighted by molar-refractivity contribution is -0.132. The van der Waals surface area contributed by atoms with Crippen LogP contribution in [0.25, 0.3) is 11.0 Å². The smallest absolute Gasteiger partial charge is 0.289 e. The average molecular weight is 422 g/mol. The van der Waals surface area contributed by atoms with Gasteiger partial charge in [0.15, 0.2) is 5.76 Å². The molecular formula is C24H26N2O5. The summed E-state index contributed by atoms with van der Waals surface area (Å²) < 4.78 is 16.4. The van der Waals surface area contributed by atoms with Gasteiger partial charge in [0.05, 0.1) is 14.2 Å². The van der Waals surface area contributed by atoms with Crippen LogP contribution in [0, 0.1) is 0 Å². The number of hydrogen-bond acceptors (Lipinski definition) is 5. The van der Waals surface area contributed by atoms with E-state index in [0.29, 0.717) is 50.4 Å². The number of furan rings is 1. The van der Waals surface area contributed by atoms with Crippen LogP contribution in [0.4, 0.5) is 0 Å². The summed E-state index contributed by atoms with van der Waals surface area (Å²) in [6, 6.07) is 14.9. The molecule has 7 nitrogen and oxygen atoms in total. The summed E-state index contributed by atoms with van der Waals surface area (Å²) in [7, 11) is 3.23. The largest absolute Gasteiger partial charge is 0.497 e. The molecule has 0 radical (unpaired) electrons. The highest BCUT2D eigenvalue weighted by Gasteiger charge is 2.26. The van der Waals surface area contributed by atoms with Gasteiger partial charge in [0.1, 0.15) is 17.1 Å². The Kier molecular flexibility index (Phi) is 6.11. The van der Waals surface area contributed by atoms with Gasteiger partial charge in [-0.15, -0.1) is 0 Å². The minimum absolute atomic E-state index is 0.0701. The maximum atomic E-state index is 12.8. The molecule has 0 unspecified atom stereocenters. The summed E-state index contributed by atoms with van der Waals surface area (Å²) in [5, 5.41) is 0.910.